The van der Waals surface area contributed by atoms with Gasteiger partial charge in [0, 0.05) is 13.1 Å². The van der Waals surface area contributed by atoms with Crippen LogP contribution in [0.5, 0.6) is 0 Å². The smallest absolute Gasteiger partial charge is 0.308 e. The van der Waals surface area contributed by atoms with Gasteiger partial charge in [0.1, 0.15) is 0 Å². The van der Waals surface area contributed by atoms with Crippen LogP contribution in [0.1, 0.15) is 39.0 Å². The molecule has 110 valence electrons. The van der Waals surface area contributed by atoms with Crippen molar-refractivity contribution in [2.75, 3.05) is 20.2 Å². The van der Waals surface area contributed by atoms with Crippen molar-refractivity contribution in [3.63, 3.8) is 0 Å². The molecule has 0 aromatic carbocycles. The minimum atomic E-state index is -1.29. The van der Waals surface area contributed by atoms with Gasteiger partial charge in [-0.2, -0.15) is 4.39 Å². The molecule has 4 atom stereocenters. The predicted octanol–water partition coefficient (Wildman–Crippen LogP) is 2.33. The topological polar surface area (TPSA) is 38.8 Å². The molecule has 0 radical (unpaired) electrons. The van der Waals surface area contributed by atoms with E-state index in [0.717, 1.165) is 45.2 Å². The van der Waals surface area contributed by atoms with Gasteiger partial charge in [0.2, 0.25) is 0 Å². The molecule has 1 saturated heterocycles. The second-order valence-corrected chi connectivity index (χ2v) is 5.72. The molecular weight excluding hydrogens is 249 g/mol. The lowest BCUT2D eigenvalue weighted by molar-refractivity contribution is -0.188. The van der Waals surface area contributed by atoms with Crippen molar-refractivity contribution >= 4 is 5.97 Å². The molecule has 1 saturated carbocycles. The number of rotatable bonds is 4. The molecule has 0 amide bonds. The molecule has 2 aliphatic rings. The van der Waals surface area contributed by atoms with Crippen LogP contribution < -0.4 is 0 Å². The Morgan fingerprint density at radius 2 is 2.00 bits per heavy atom. The second kappa shape index (κ2) is 6.66. The van der Waals surface area contributed by atoms with Crippen LogP contribution >= 0.6 is 0 Å². The molecule has 2 fully saturated rings. The summed E-state index contributed by atoms with van der Waals surface area (Å²) in [6, 6.07) is 0. The van der Waals surface area contributed by atoms with Crippen LogP contribution in [-0.2, 0) is 14.3 Å². The van der Waals surface area contributed by atoms with Crippen LogP contribution in [0, 0.1) is 11.8 Å². The molecule has 1 heterocycles. The Morgan fingerprint density at radius 1 is 1.32 bits per heavy atom. The van der Waals surface area contributed by atoms with Crippen molar-refractivity contribution in [2.24, 2.45) is 11.8 Å². The third-order valence-corrected chi connectivity index (χ3v) is 4.34. The first-order valence-electron chi connectivity index (χ1n) is 7.23. The largest absolute Gasteiger partial charge is 0.469 e. The lowest BCUT2D eigenvalue weighted by Gasteiger charge is -2.35. The van der Waals surface area contributed by atoms with E-state index in [4.69, 9.17) is 9.47 Å². The molecule has 0 N–H and O–H groups in total. The predicted molar refractivity (Wildman–Crippen MR) is 69.1 cm³/mol. The summed E-state index contributed by atoms with van der Waals surface area (Å²) in [4.78, 5) is 13.3. The first-order valence-corrected chi connectivity index (χ1v) is 7.23. The Bertz CT molecular complexity index is 307. The molecular formula is C14H24FNO3. The van der Waals surface area contributed by atoms with Gasteiger partial charge in [0.25, 0.3) is 6.48 Å². The van der Waals surface area contributed by atoms with Crippen molar-refractivity contribution in [3.8, 4) is 0 Å². The van der Waals surface area contributed by atoms with Crippen molar-refractivity contribution in [1.29, 1.82) is 0 Å². The first-order chi connectivity index (χ1) is 9.11. The van der Waals surface area contributed by atoms with Gasteiger partial charge in [0.05, 0.1) is 19.1 Å². The van der Waals surface area contributed by atoms with E-state index in [2.05, 4.69) is 0 Å². The minimum absolute atomic E-state index is 0.0512. The summed E-state index contributed by atoms with van der Waals surface area (Å²) < 4.78 is 24.3. The number of nitrogens with zero attached hydrogens (tertiary/aromatic N) is 1. The number of halogens is 1. The van der Waals surface area contributed by atoms with Gasteiger partial charge < -0.3 is 9.47 Å². The quantitative estimate of drug-likeness (QED) is 0.582. The zero-order valence-corrected chi connectivity index (χ0v) is 11.8. The molecule has 0 spiro atoms. The molecule has 1 aliphatic carbocycles. The summed E-state index contributed by atoms with van der Waals surface area (Å²) in [6.07, 6.45) is 4.20. The highest BCUT2D eigenvalue weighted by Crippen LogP contribution is 2.33. The highest BCUT2D eigenvalue weighted by atomic mass is 19.1. The maximum absolute atomic E-state index is 14.0. The summed E-state index contributed by atoms with van der Waals surface area (Å²) in [6.45, 7) is 2.31. The normalized spacial score (nSPS) is 34.2. The van der Waals surface area contributed by atoms with Crippen LogP contribution in [0.2, 0.25) is 0 Å². The molecule has 1 aliphatic heterocycles. The summed E-state index contributed by atoms with van der Waals surface area (Å²) in [5, 5.41) is 0. The Hall–Kier alpha value is -0.680. The average Bonchev–Trinajstić information content (AvgIpc) is 2.94. The van der Waals surface area contributed by atoms with E-state index < -0.39 is 6.48 Å². The number of hydrogen-bond donors (Lipinski definition) is 0. The van der Waals surface area contributed by atoms with Crippen LogP contribution in [0.3, 0.4) is 0 Å². The van der Waals surface area contributed by atoms with E-state index in [1.54, 1.807) is 4.90 Å². The highest BCUT2D eigenvalue weighted by molar-refractivity contribution is 5.72. The fourth-order valence-electron chi connectivity index (χ4n) is 3.13. The number of alkyl halides is 1. The minimum Gasteiger partial charge on any atom is -0.469 e. The Kier molecular flexibility index (Phi) is 5.16. The zero-order chi connectivity index (χ0) is 13.8. The number of carbonyl (C=O) groups excluding carboxylic acids is 1. The maximum Gasteiger partial charge on any atom is 0.308 e. The number of methoxy groups -OCH3 is 1. The first kappa shape index (κ1) is 14.7. The van der Waals surface area contributed by atoms with Gasteiger partial charge in [-0.05, 0) is 38.0 Å². The van der Waals surface area contributed by atoms with Crippen LogP contribution in [-0.4, -0.2) is 43.7 Å². The lowest BCUT2D eigenvalue weighted by atomic mass is 9.80. The molecule has 19 heavy (non-hydrogen) atoms. The Morgan fingerprint density at radius 3 is 2.58 bits per heavy atom. The SMILES string of the molecule is COC(=O)[C@H]1CC[C@H](O[C@@H](F)N2CCCC2)[C@@H](C)C1. The molecule has 0 bridgehead atoms. The van der Waals surface area contributed by atoms with Gasteiger partial charge in [-0.1, -0.05) is 6.92 Å². The number of ether oxygens (including phenoxy) is 2. The molecule has 4 nitrogen and oxygen atoms in total. The molecule has 0 aromatic rings. The number of likely N-dealkylation sites (tertiary alicyclic amines) is 1. The van der Waals surface area contributed by atoms with Gasteiger partial charge in [-0.15, -0.1) is 0 Å². The van der Waals surface area contributed by atoms with Crippen molar-refractivity contribution in [3.05, 3.63) is 0 Å². The fourth-order valence-corrected chi connectivity index (χ4v) is 3.13. The monoisotopic (exact) mass is 273 g/mol. The fraction of sp³-hybridized carbons (Fsp3) is 0.929. The third kappa shape index (κ3) is 3.66. The summed E-state index contributed by atoms with van der Waals surface area (Å²) >= 11 is 0. The van der Waals surface area contributed by atoms with E-state index in [1.165, 1.54) is 7.11 Å². The second-order valence-electron chi connectivity index (χ2n) is 5.72. The third-order valence-electron chi connectivity index (χ3n) is 4.34. The van der Waals surface area contributed by atoms with Crippen LogP contribution in [0.15, 0.2) is 0 Å². The zero-order valence-electron chi connectivity index (χ0n) is 11.8. The summed E-state index contributed by atoms with van der Waals surface area (Å²) in [5.74, 6) is -0.00922. The van der Waals surface area contributed by atoms with Gasteiger partial charge in [-0.3, -0.25) is 9.69 Å². The van der Waals surface area contributed by atoms with E-state index in [1.807, 2.05) is 6.92 Å². The van der Waals surface area contributed by atoms with Crippen molar-refractivity contribution in [1.82, 2.24) is 4.90 Å². The maximum atomic E-state index is 14.0. The molecule has 0 aromatic heterocycles. The summed E-state index contributed by atoms with van der Waals surface area (Å²) in [7, 11) is 1.42. The van der Waals surface area contributed by atoms with E-state index in [-0.39, 0.29) is 23.9 Å². The number of esters is 1. The van der Waals surface area contributed by atoms with E-state index in [0.29, 0.717) is 0 Å². The van der Waals surface area contributed by atoms with Crippen molar-refractivity contribution in [2.45, 2.75) is 51.6 Å². The van der Waals surface area contributed by atoms with E-state index in [9.17, 15) is 9.18 Å². The van der Waals surface area contributed by atoms with Crippen LogP contribution in [0.4, 0.5) is 4.39 Å². The molecule has 5 heteroatoms. The highest BCUT2D eigenvalue weighted by Gasteiger charge is 2.35. The Labute approximate surface area is 114 Å². The standard InChI is InChI=1S/C14H24FNO3/c1-10-9-11(13(17)18-2)5-6-12(10)19-14(15)16-7-3-4-8-16/h10-12,14H,3-9H2,1-2H3/t10-,11-,12-,14-/m0/s1. The van der Waals surface area contributed by atoms with E-state index >= 15 is 0 Å². The van der Waals surface area contributed by atoms with Gasteiger partial charge in [-0.25, -0.2) is 0 Å². The average molecular weight is 273 g/mol. The number of carbonyl (C=O) groups is 1. The lowest BCUT2D eigenvalue weighted by Crippen LogP contribution is -2.40. The Balaban J connectivity index is 1.80. The number of hydrogen-bond acceptors (Lipinski definition) is 4. The van der Waals surface area contributed by atoms with Gasteiger partial charge >= 0.3 is 5.97 Å². The van der Waals surface area contributed by atoms with Crippen LogP contribution in [0.25, 0.3) is 0 Å². The van der Waals surface area contributed by atoms with Crippen molar-refractivity contribution < 1.29 is 18.7 Å². The van der Waals surface area contributed by atoms with Gasteiger partial charge in [0.15, 0.2) is 0 Å². The molecule has 0 unspecified atom stereocenters. The summed E-state index contributed by atoms with van der Waals surface area (Å²) in [5.41, 5.74) is 0. The molecule has 2 rings (SSSR count).